The summed E-state index contributed by atoms with van der Waals surface area (Å²) in [7, 11) is 0. The van der Waals surface area contributed by atoms with Crippen LogP contribution in [0.25, 0.3) is 0 Å². The van der Waals surface area contributed by atoms with Gasteiger partial charge in [-0.15, -0.1) is 0 Å². The number of aromatic nitrogens is 1. The van der Waals surface area contributed by atoms with Gasteiger partial charge >= 0.3 is 10.9 Å². The third-order valence-corrected chi connectivity index (χ3v) is 3.13. The van der Waals surface area contributed by atoms with Crippen molar-refractivity contribution in [3.8, 4) is 0 Å². The summed E-state index contributed by atoms with van der Waals surface area (Å²) in [4.78, 5) is 25.5. The topological polar surface area (TPSA) is 85.1 Å². The number of nitrogens with zero attached hydrogens (tertiary/aromatic N) is 2. The van der Waals surface area contributed by atoms with Gasteiger partial charge in [0.1, 0.15) is 4.88 Å². The van der Waals surface area contributed by atoms with E-state index in [1.54, 1.807) is 0 Å². The van der Waals surface area contributed by atoms with Gasteiger partial charge in [0.15, 0.2) is 0 Å². The van der Waals surface area contributed by atoms with E-state index in [1.807, 2.05) is 20.8 Å². The Bertz CT molecular complexity index is 434. The van der Waals surface area contributed by atoms with Gasteiger partial charge in [-0.25, -0.2) is 0 Å². The molecule has 0 spiro atoms. The van der Waals surface area contributed by atoms with Gasteiger partial charge in [-0.05, 0) is 9.91 Å². The van der Waals surface area contributed by atoms with Gasteiger partial charge in [0.05, 0.1) is 0 Å². The zero-order chi connectivity index (χ0) is 12.5. The number of hydrogen-bond acceptors (Lipinski definition) is 5. The predicted octanol–water partition coefficient (Wildman–Crippen LogP) is 2.31. The molecule has 0 aliphatic rings. The van der Waals surface area contributed by atoms with E-state index in [2.05, 4.69) is 10.3 Å². The average Bonchev–Trinajstić information content (AvgIpc) is 2.45. The Balaban J connectivity index is 3.21. The number of anilines is 1. The van der Waals surface area contributed by atoms with Crippen LogP contribution in [0.4, 0.5) is 10.9 Å². The SMILES string of the molecule is CC(=O)Nc1nc([N+](=O)[O-])c(C(C)(C)C)s1. The van der Waals surface area contributed by atoms with E-state index in [1.165, 1.54) is 6.92 Å². The van der Waals surface area contributed by atoms with E-state index in [0.29, 0.717) is 4.88 Å². The second-order valence-electron chi connectivity index (χ2n) is 4.36. The Kier molecular flexibility index (Phi) is 3.27. The zero-order valence-corrected chi connectivity index (χ0v) is 10.3. The Labute approximate surface area is 96.8 Å². The Morgan fingerprint density at radius 3 is 2.38 bits per heavy atom. The molecule has 0 aliphatic carbocycles. The van der Waals surface area contributed by atoms with Crippen molar-refractivity contribution in [1.29, 1.82) is 0 Å². The highest BCUT2D eigenvalue weighted by Crippen LogP contribution is 2.37. The van der Waals surface area contributed by atoms with Gasteiger partial charge in [-0.2, -0.15) is 0 Å². The van der Waals surface area contributed by atoms with Crippen molar-refractivity contribution in [2.45, 2.75) is 33.1 Å². The fraction of sp³-hybridized carbons (Fsp3) is 0.556. The standard InChI is InChI=1S/C9H13N3O3S/c1-5(13)10-8-11-7(12(14)15)6(16-8)9(2,3)4/h1-4H3,(H,10,11,13). The molecular formula is C9H13N3O3S. The normalized spacial score (nSPS) is 11.2. The Hall–Kier alpha value is -1.50. The highest BCUT2D eigenvalue weighted by Gasteiger charge is 2.31. The van der Waals surface area contributed by atoms with Gasteiger partial charge < -0.3 is 10.1 Å². The second-order valence-corrected chi connectivity index (χ2v) is 5.36. The van der Waals surface area contributed by atoms with Gasteiger partial charge in [0.25, 0.3) is 0 Å². The van der Waals surface area contributed by atoms with Gasteiger partial charge in [0.2, 0.25) is 5.91 Å². The van der Waals surface area contributed by atoms with Crippen molar-refractivity contribution in [3.05, 3.63) is 15.0 Å². The molecule has 0 aromatic carbocycles. The first-order valence-electron chi connectivity index (χ1n) is 4.65. The fourth-order valence-corrected chi connectivity index (χ4v) is 2.17. The summed E-state index contributed by atoms with van der Waals surface area (Å²) >= 11 is 1.14. The van der Waals surface area contributed by atoms with Crippen LogP contribution >= 0.6 is 11.3 Å². The number of nitrogens with one attached hydrogen (secondary N) is 1. The van der Waals surface area contributed by atoms with Crippen molar-refractivity contribution >= 4 is 28.2 Å². The lowest BCUT2D eigenvalue weighted by molar-refractivity contribution is -0.390. The molecule has 1 amide bonds. The Morgan fingerprint density at radius 2 is 2.06 bits per heavy atom. The molecule has 0 radical (unpaired) electrons. The highest BCUT2D eigenvalue weighted by atomic mass is 32.1. The van der Waals surface area contributed by atoms with E-state index >= 15 is 0 Å². The minimum absolute atomic E-state index is 0.179. The minimum Gasteiger partial charge on any atom is -0.358 e. The molecule has 0 atom stereocenters. The van der Waals surface area contributed by atoms with Crippen molar-refractivity contribution in [3.63, 3.8) is 0 Å². The first kappa shape index (κ1) is 12.6. The second kappa shape index (κ2) is 4.17. The summed E-state index contributed by atoms with van der Waals surface area (Å²) < 4.78 is 0. The molecule has 7 heteroatoms. The first-order valence-corrected chi connectivity index (χ1v) is 5.46. The van der Waals surface area contributed by atoms with Crippen molar-refractivity contribution in [2.75, 3.05) is 5.32 Å². The maximum Gasteiger partial charge on any atom is 0.380 e. The van der Waals surface area contributed by atoms with Crippen LogP contribution < -0.4 is 5.32 Å². The molecule has 1 aromatic heterocycles. The molecular weight excluding hydrogens is 230 g/mol. The molecule has 0 saturated heterocycles. The maximum atomic E-state index is 10.8. The number of hydrogen-bond donors (Lipinski definition) is 1. The summed E-state index contributed by atoms with van der Waals surface area (Å²) in [5, 5.41) is 13.5. The zero-order valence-electron chi connectivity index (χ0n) is 9.53. The third kappa shape index (κ3) is 2.75. The molecule has 1 N–H and O–H groups in total. The van der Waals surface area contributed by atoms with Crippen LogP contribution in [0.3, 0.4) is 0 Å². The number of thiazole rings is 1. The van der Waals surface area contributed by atoms with Crippen LogP contribution in [0.2, 0.25) is 0 Å². The van der Waals surface area contributed by atoms with Gasteiger partial charge in [0, 0.05) is 12.3 Å². The molecule has 1 aromatic rings. The van der Waals surface area contributed by atoms with Crippen LogP contribution in [0.5, 0.6) is 0 Å². The van der Waals surface area contributed by atoms with E-state index in [4.69, 9.17) is 0 Å². The lowest BCUT2D eigenvalue weighted by Crippen LogP contribution is -2.11. The van der Waals surface area contributed by atoms with E-state index in [9.17, 15) is 14.9 Å². The fourth-order valence-electron chi connectivity index (χ4n) is 1.13. The molecule has 0 saturated carbocycles. The van der Waals surface area contributed by atoms with Crippen molar-refractivity contribution < 1.29 is 9.72 Å². The smallest absolute Gasteiger partial charge is 0.358 e. The van der Waals surface area contributed by atoms with Crippen LogP contribution in [-0.4, -0.2) is 15.8 Å². The number of nitro groups is 1. The monoisotopic (exact) mass is 243 g/mol. The minimum atomic E-state index is -0.525. The van der Waals surface area contributed by atoms with Crippen molar-refractivity contribution in [2.24, 2.45) is 0 Å². The summed E-state index contributed by atoms with van der Waals surface area (Å²) in [6.07, 6.45) is 0. The Morgan fingerprint density at radius 1 is 1.50 bits per heavy atom. The molecule has 6 nitrogen and oxygen atoms in total. The van der Waals surface area contributed by atoms with Crippen LogP contribution in [-0.2, 0) is 10.2 Å². The molecule has 88 valence electrons. The van der Waals surface area contributed by atoms with E-state index in [-0.39, 0.29) is 22.3 Å². The van der Waals surface area contributed by atoms with E-state index in [0.717, 1.165) is 11.3 Å². The predicted molar refractivity (Wildman–Crippen MR) is 61.8 cm³/mol. The molecule has 1 heterocycles. The summed E-state index contributed by atoms with van der Waals surface area (Å²) in [6, 6.07) is 0. The lowest BCUT2D eigenvalue weighted by atomic mass is 9.95. The molecule has 0 fully saturated rings. The number of carbonyl (C=O) groups excluding carboxylic acids is 1. The summed E-state index contributed by atoms with van der Waals surface area (Å²) in [5.74, 6) is -0.467. The molecule has 16 heavy (non-hydrogen) atoms. The third-order valence-electron chi connectivity index (χ3n) is 1.75. The summed E-state index contributed by atoms with van der Waals surface area (Å²) in [5.41, 5.74) is -0.364. The average molecular weight is 243 g/mol. The van der Waals surface area contributed by atoms with E-state index < -0.39 is 4.92 Å². The molecule has 0 bridgehead atoms. The number of carbonyl (C=O) groups is 1. The quantitative estimate of drug-likeness (QED) is 0.638. The van der Waals surface area contributed by atoms with Crippen molar-refractivity contribution in [1.82, 2.24) is 4.98 Å². The number of amides is 1. The lowest BCUT2D eigenvalue weighted by Gasteiger charge is -2.13. The van der Waals surface area contributed by atoms with Gasteiger partial charge in [-0.1, -0.05) is 32.1 Å². The molecule has 0 aliphatic heterocycles. The maximum absolute atomic E-state index is 10.8. The number of rotatable bonds is 2. The largest absolute Gasteiger partial charge is 0.380 e. The first-order chi connectivity index (χ1) is 7.21. The van der Waals surface area contributed by atoms with Crippen LogP contribution in [0.15, 0.2) is 0 Å². The molecule has 0 unspecified atom stereocenters. The van der Waals surface area contributed by atoms with Crippen LogP contribution in [0.1, 0.15) is 32.6 Å². The highest BCUT2D eigenvalue weighted by molar-refractivity contribution is 7.16. The summed E-state index contributed by atoms with van der Waals surface area (Å²) in [6.45, 7) is 6.94. The van der Waals surface area contributed by atoms with Crippen LogP contribution in [0, 0.1) is 10.1 Å². The van der Waals surface area contributed by atoms with Gasteiger partial charge in [-0.3, -0.25) is 10.1 Å². The molecule has 1 rings (SSSR count).